The van der Waals surface area contributed by atoms with Crippen molar-refractivity contribution in [2.24, 2.45) is 0 Å². The van der Waals surface area contributed by atoms with E-state index in [4.69, 9.17) is 4.74 Å². The number of nitrogens with one attached hydrogen (secondary N) is 1. The van der Waals surface area contributed by atoms with Crippen LogP contribution in [-0.2, 0) is 0 Å². The molecule has 1 amide bonds. The summed E-state index contributed by atoms with van der Waals surface area (Å²) in [5.74, 6) is 0.601. The van der Waals surface area contributed by atoms with Gasteiger partial charge in [-0.2, -0.15) is 8.78 Å². The minimum atomic E-state index is -2.78. The average Bonchev–Trinajstić information content (AvgIpc) is 3.15. The Morgan fingerprint density at radius 1 is 0.967 bits per heavy atom. The van der Waals surface area contributed by atoms with Gasteiger partial charge in [0.25, 0.3) is 5.91 Å². The number of hydrogen-bond acceptors (Lipinski definition) is 3. The van der Waals surface area contributed by atoms with Gasteiger partial charge in [-0.25, -0.2) is 4.98 Å². The Labute approximate surface area is 171 Å². The van der Waals surface area contributed by atoms with Crippen LogP contribution in [0.4, 0.5) is 8.78 Å². The van der Waals surface area contributed by atoms with Crippen LogP contribution in [0.1, 0.15) is 35.7 Å². The summed E-state index contributed by atoms with van der Waals surface area (Å²) in [5.41, 5.74) is 1.06. The lowest BCUT2D eigenvalue weighted by Gasteiger charge is -2.17. The first-order chi connectivity index (χ1) is 14.5. The number of carbonyl (C=O) groups excluding carboxylic acids is 1. The first-order valence-electron chi connectivity index (χ1n) is 9.42. The number of para-hydroxylation sites is 4. The molecule has 0 aliphatic carbocycles. The van der Waals surface area contributed by atoms with Crippen LogP contribution in [0.3, 0.4) is 0 Å². The van der Waals surface area contributed by atoms with Gasteiger partial charge < -0.3 is 10.1 Å². The number of ether oxygens (including phenoxy) is 1. The van der Waals surface area contributed by atoms with Gasteiger partial charge in [-0.15, -0.1) is 0 Å². The molecule has 0 saturated carbocycles. The van der Waals surface area contributed by atoms with E-state index >= 15 is 0 Å². The van der Waals surface area contributed by atoms with Crippen LogP contribution in [0.5, 0.6) is 11.5 Å². The number of aromatic nitrogens is 2. The van der Waals surface area contributed by atoms with Crippen LogP contribution in [0.2, 0.25) is 0 Å². The van der Waals surface area contributed by atoms with Crippen LogP contribution in [0, 0.1) is 0 Å². The SMILES string of the molecule is C[C@@H](NC(=O)c1ccccc1Oc1ccccc1)c1nc2ccccc2n1C(F)F. The van der Waals surface area contributed by atoms with E-state index in [1.165, 1.54) is 0 Å². The molecule has 0 unspecified atom stereocenters. The first-order valence-corrected chi connectivity index (χ1v) is 9.42. The van der Waals surface area contributed by atoms with E-state index < -0.39 is 18.5 Å². The normalized spacial score (nSPS) is 12.1. The van der Waals surface area contributed by atoms with Crippen LogP contribution < -0.4 is 10.1 Å². The molecule has 0 aliphatic rings. The van der Waals surface area contributed by atoms with Crippen LogP contribution in [0.15, 0.2) is 78.9 Å². The smallest absolute Gasteiger partial charge is 0.320 e. The van der Waals surface area contributed by atoms with Gasteiger partial charge >= 0.3 is 6.55 Å². The number of halogens is 2. The molecule has 3 aromatic carbocycles. The maximum atomic E-state index is 13.7. The number of fused-ring (bicyclic) bond motifs is 1. The Kier molecular flexibility index (Phi) is 5.43. The number of alkyl halides is 2. The zero-order valence-corrected chi connectivity index (χ0v) is 16.1. The molecule has 4 aromatic rings. The number of nitrogens with zero attached hydrogens (tertiary/aromatic N) is 2. The molecule has 0 spiro atoms. The first kappa shape index (κ1) is 19.6. The van der Waals surface area contributed by atoms with Gasteiger partial charge in [0.15, 0.2) is 0 Å². The van der Waals surface area contributed by atoms with Gasteiger partial charge in [0.05, 0.1) is 22.6 Å². The maximum Gasteiger partial charge on any atom is 0.320 e. The van der Waals surface area contributed by atoms with E-state index in [0.29, 0.717) is 28.1 Å². The van der Waals surface area contributed by atoms with Crippen molar-refractivity contribution < 1.29 is 18.3 Å². The van der Waals surface area contributed by atoms with E-state index in [1.807, 2.05) is 18.2 Å². The molecule has 1 aromatic heterocycles. The number of carbonyl (C=O) groups is 1. The molecule has 0 bridgehead atoms. The molecule has 1 heterocycles. The minimum absolute atomic E-state index is 0.0843. The second-order valence-electron chi connectivity index (χ2n) is 6.71. The Morgan fingerprint density at radius 2 is 1.63 bits per heavy atom. The Balaban J connectivity index is 1.61. The predicted octanol–water partition coefficient (Wildman–Crippen LogP) is 5.71. The van der Waals surface area contributed by atoms with Gasteiger partial charge in [0.1, 0.15) is 17.3 Å². The molecule has 0 aliphatic heterocycles. The lowest BCUT2D eigenvalue weighted by atomic mass is 10.1. The predicted molar refractivity (Wildman–Crippen MR) is 110 cm³/mol. The number of benzene rings is 3. The highest BCUT2D eigenvalue weighted by molar-refractivity contribution is 5.97. The van der Waals surface area contributed by atoms with Crippen molar-refractivity contribution in [2.75, 3.05) is 0 Å². The van der Waals surface area contributed by atoms with Crippen molar-refractivity contribution in [1.82, 2.24) is 14.9 Å². The number of amides is 1. The summed E-state index contributed by atoms with van der Waals surface area (Å²) in [6.07, 6.45) is 0. The fourth-order valence-electron chi connectivity index (χ4n) is 3.27. The van der Waals surface area contributed by atoms with Gasteiger partial charge in [-0.3, -0.25) is 9.36 Å². The second kappa shape index (κ2) is 8.32. The van der Waals surface area contributed by atoms with Crippen molar-refractivity contribution in [3.05, 3.63) is 90.3 Å². The lowest BCUT2D eigenvalue weighted by Crippen LogP contribution is -2.29. The molecule has 0 fully saturated rings. The zero-order valence-electron chi connectivity index (χ0n) is 16.1. The fraction of sp³-hybridized carbons (Fsp3) is 0.130. The number of imidazole rings is 1. The second-order valence-corrected chi connectivity index (χ2v) is 6.71. The molecule has 7 heteroatoms. The van der Waals surface area contributed by atoms with Crippen LogP contribution in [0.25, 0.3) is 11.0 Å². The summed E-state index contributed by atoms with van der Waals surface area (Å²) < 4.78 is 34.1. The van der Waals surface area contributed by atoms with E-state index in [1.54, 1.807) is 67.6 Å². The molecule has 5 nitrogen and oxygen atoms in total. The van der Waals surface area contributed by atoms with Crippen LogP contribution >= 0.6 is 0 Å². The molecule has 0 saturated heterocycles. The quantitative estimate of drug-likeness (QED) is 0.445. The largest absolute Gasteiger partial charge is 0.457 e. The zero-order chi connectivity index (χ0) is 21.1. The van der Waals surface area contributed by atoms with E-state index in [2.05, 4.69) is 10.3 Å². The molecule has 30 heavy (non-hydrogen) atoms. The Hall–Kier alpha value is -3.74. The van der Waals surface area contributed by atoms with Crippen LogP contribution in [-0.4, -0.2) is 15.5 Å². The summed E-state index contributed by atoms with van der Waals surface area (Å²) in [5, 5.41) is 2.76. The number of hydrogen-bond donors (Lipinski definition) is 1. The minimum Gasteiger partial charge on any atom is -0.457 e. The van der Waals surface area contributed by atoms with Crippen molar-refractivity contribution >= 4 is 16.9 Å². The molecular weight excluding hydrogens is 388 g/mol. The average molecular weight is 407 g/mol. The molecule has 152 valence electrons. The molecule has 1 atom stereocenters. The summed E-state index contributed by atoms with van der Waals surface area (Å²) in [7, 11) is 0. The molecular formula is C23H19F2N3O2. The van der Waals surface area contributed by atoms with Gasteiger partial charge in [0.2, 0.25) is 0 Å². The standard InChI is InChI=1S/C23H19F2N3O2/c1-15(21-27-18-12-6-7-13-19(18)28(21)23(24)25)26-22(29)17-11-5-8-14-20(17)30-16-9-3-2-4-10-16/h2-15,23H,1H3,(H,26,29)/t15-/m1/s1. The third-order valence-corrected chi connectivity index (χ3v) is 4.66. The van der Waals surface area contributed by atoms with Crippen molar-refractivity contribution in [2.45, 2.75) is 19.5 Å². The summed E-state index contributed by atoms with van der Waals surface area (Å²) >= 11 is 0. The maximum absolute atomic E-state index is 13.7. The molecule has 4 rings (SSSR count). The Bertz CT molecular complexity index is 1180. The third kappa shape index (κ3) is 3.87. The summed E-state index contributed by atoms with van der Waals surface area (Å²) in [6, 6.07) is 21.8. The van der Waals surface area contributed by atoms with E-state index in [-0.39, 0.29) is 5.82 Å². The topological polar surface area (TPSA) is 56.1 Å². The summed E-state index contributed by atoms with van der Waals surface area (Å²) in [4.78, 5) is 17.2. The highest BCUT2D eigenvalue weighted by atomic mass is 19.3. The molecule has 1 N–H and O–H groups in total. The van der Waals surface area contributed by atoms with E-state index in [0.717, 1.165) is 4.57 Å². The fourth-order valence-corrected chi connectivity index (χ4v) is 3.27. The molecule has 0 radical (unpaired) electrons. The monoisotopic (exact) mass is 407 g/mol. The summed E-state index contributed by atoms with van der Waals surface area (Å²) in [6.45, 7) is -1.15. The van der Waals surface area contributed by atoms with Crippen molar-refractivity contribution in [3.63, 3.8) is 0 Å². The van der Waals surface area contributed by atoms with Gasteiger partial charge in [0, 0.05) is 0 Å². The highest BCUT2D eigenvalue weighted by Gasteiger charge is 2.24. The highest BCUT2D eigenvalue weighted by Crippen LogP contribution is 2.28. The van der Waals surface area contributed by atoms with Gasteiger partial charge in [-0.1, -0.05) is 42.5 Å². The van der Waals surface area contributed by atoms with E-state index in [9.17, 15) is 13.6 Å². The Morgan fingerprint density at radius 3 is 2.40 bits per heavy atom. The van der Waals surface area contributed by atoms with Gasteiger partial charge in [-0.05, 0) is 43.3 Å². The number of rotatable bonds is 6. The van der Waals surface area contributed by atoms with Crippen molar-refractivity contribution in [3.8, 4) is 11.5 Å². The van der Waals surface area contributed by atoms with Crippen molar-refractivity contribution in [1.29, 1.82) is 0 Å². The lowest BCUT2D eigenvalue weighted by molar-refractivity contribution is 0.0687. The third-order valence-electron chi connectivity index (χ3n) is 4.66.